The van der Waals surface area contributed by atoms with E-state index in [2.05, 4.69) is 13.5 Å². The number of hydrogen-bond donors (Lipinski definition) is 0. The fourth-order valence-electron chi connectivity index (χ4n) is 0.906. The van der Waals surface area contributed by atoms with Crippen LogP contribution in [0.1, 0.15) is 41.0 Å². The summed E-state index contributed by atoms with van der Waals surface area (Å²) in [6.07, 6.45) is 6.66. The van der Waals surface area contributed by atoms with Crippen LogP contribution >= 0.6 is 0 Å². The van der Waals surface area contributed by atoms with Gasteiger partial charge < -0.3 is 4.74 Å². The van der Waals surface area contributed by atoms with Crippen LogP contribution < -0.4 is 0 Å². The van der Waals surface area contributed by atoms with Crippen LogP contribution in [-0.4, -0.2) is 6.61 Å². The summed E-state index contributed by atoms with van der Waals surface area (Å²) in [7, 11) is 0. The summed E-state index contributed by atoms with van der Waals surface area (Å²) in [5.41, 5.74) is 1.33. The Hall–Kier alpha value is -0.980. The van der Waals surface area contributed by atoms with Crippen molar-refractivity contribution in [2.45, 2.75) is 41.0 Å². The molecule has 0 aromatic carbocycles. The summed E-state index contributed by atoms with van der Waals surface area (Å²) < 4.78 is 5.31. The van der Waals surface area contributed by atoms with Gasteiger partial charge in [0.15, 0.2) is 0 Å². The maximum absolute atomic E-state index is 5.31. The second kappa shape index (κ2) is 12.0. The molecular formula is C13H24O. The van der Waals surface area contributed by atoms with Crippen LogP contribution in [0, 0.1) is 0 Å². The van der Waals surface area contributed by atoms with Crippen LogP contribution in [-0.2, 0) is 4.74 Å². The summed E-state index contributed by atoms with van der Waals surface area (Å²) in [6.45, 7) is 14.5. The third-order valence-electron chi connectivity index (χ3n) is 1.54. The van der Waals surface area contributed by atoms with Gasteiger partial charge in [-0.15, -0.1) is 0 Å². The summed E-state index contributed by atoms with van der Waals surface area (Å²) >= 11 is 0. The second-order valence-corrected chi connectivity index (χ2v) is 2.34. The van der Waals surface area contributed by atoms with Crippen molar-refractivity contribution in [2.75, 3.05) is 6.61 Å². The third kappa shape index (κ3) is 6.53. The molecule has 14 heavy (non-hydrogen) atoms. The van der Waals surface area contributed by atoms with Crippen molar-refractivity contribution < 1.29 is 4.74 Å². The lowest BCUT2D eigenvalue weighted by molar-refractivity contribution is 0.257. The Morgan fingerprint density at radius 3 is 2.14 bits per heavy atom. The van der Waals surface area contributed by atoms with E-state index in [1.54, 1.807) is 6.08 Å². The third-order valence-corrected chi connectivity index (χ3v) is 1.54. The van der Waals surface area contributed by atoms with Gasteiger partial charge in [-0.05, 0) is 18.6 Å². The van der Waals surface area contributed by atoms with Gasteiger partial charge in [-0.3, -0.25) is 0 Å². The monoisotopic (exact) mass is 196 g/mol. The Balaban J connectivity index is 0. The van der Waals surface area contributed by atoms with Crippen molar-refractivity contribution in [3.63, 3.8) is 0 Å². The van der Waals surface area contributed by atoms with E-state index in [-0.39, 0.29) is 0 Å². The van der Waals surface area contributed by atoms with Crippen LogP contribution in [0.15, 0.2) is 36.1 Å². The zero-order valence-corrected chi connectivity index (χ0v) is 10.3. The molecule has 1 heteroatoms. The Morgan fingerprint density at radius 2 is 1.79 bits per heavy atom. The average Bonchev–Trinajstić information content (AvgIpc) is 2.67. The van der Waals surface area contributed by atoms with Gasteiger partial charge in [0.2, 0.25) is 0 Å². The van der Waals surface area contributed by atoms with Crippen molar-refractivity contribution in [3.05, 3.63) is 36.1 Å². The molecule has 0 bridgehead atoms. The van der Waals surface area contributed by atoms with Gasteiger partial charge >= 0.3 is 0 Å². The molecule has 0 saturated heterocycles. The standard InChI is InChI=1S/C9H12O.2C2H6/c1-3-4-5-9-8(2)6-7-10-9;2*1-2/h3-5H,1,6-7H2,2H3;2*1-2H3/b5-4-;;. The summed E-state index contributed by atoms with van der Waals surface area (Å²) in [5, 5.41) is 0. The van der Waals surface area contributed by atoms with E-state index in [4.69, 9.17) is 4.74 Å². The molecule has 0 fully saturated rings. The highest BCUT2D eigenvalue weighted by Crippen LogP contribution is 2.18. The van der Waals surface area contributed by atoms with Gasteiger partial charge in [0.1, 0.15) is 5.76 Å². The van der Waals surface area contributed by atoms with E-state index >= 15 is 0 Å². The SMILES string of the molecule is C=C/C=C\C1=C(C)CCO1.CC.CC. The summed E-state index contributed by atoms with van der Waals surface area (Å²) in [4.78, 5) is 0. The molecule has 0 spiro atoms. The lowest BCUT2D eigenvalue weighted by Gasteiger charge is -1.94. The molecule has 0 atom stereocenters. The van der Waals surface area contributed by atoms with Gasteiger partial charge in [0, 0.05) is 6.42 Å². The molecule has 0 N–H and O–H groups in total. The molecule has 1 aliphatic heterocycles. The lowest BCUT2D eigenvalue weighted by atomic mass is 10.2. The molecule has 0 aliphatic carbocycles. The molecule has 0 aromatic heterocycles. The number of ether oxygens (including phenoxy) is 1. The average molecular weight is 196 g/mol. The second-order valence-electron chi connectivity index (χ2n) is 2.34. The summed E-state index contributed by atoms with van der Waals surface area (Å²) in [5.74, 6) is 1.01. The topological polar surface area (TPSA) is 9.23 Å². The molecule has 82 valence electrons. The molecule has 1 aliphatic rings. The van der Waals surface area contributed by atoms with E-state index in [0.29, 0.717) is 0 Å². The largest absolute Gasteiger partial charge is 0.493 e. The van der Waals surface area contributed by atoms with Crippen LogP contribution in [0.2, 0.25) is 0 Å². The fraction of sp³-hybridized carbons (Fsp3) is 0.538. The van der Waals surface area contributed by atoms with Crippen molar-refractivity contribution in [1.82, 2.24) is 0 Å². The van der Waals surface area contributed by atoms with E-state index in [9.17, 15) is 0 Å². The van der Waals surface area contributed by atoms with Gasteiger partial charge in [0.25, 0.3) is 0 Å². The van der Waals surface area contributed by atoms with E-state index in [1.165, 1.54) is 5.57 Å². The highest BCUT2D eigenvalue weighted by molar-refractivity contribution is 5.23. The first-order chi connectivity index (χ1) is 6.84. The number of hydrogen-bond acceptors (Lipinski definition) is 1. The maximum Gasteiger partial charge on any atom is 0.118 e. The normalized spacial score (nSPS) is 13.8. The van der Waals surface area contributed by atoms with Crippen molar-refractivity contribution in [1.29, 1.82) is 0 Å². The first kappa shape index (κ1) is 15.5. The number of allylic oxidation sites excluding steroid dienone is 3. The molecule has 1 nitrogen and oxygen atoms in total. The first-order valence-electron chi connectivity index (χ1n) is 5.46. The number of rotatable bonds is 2. The van der Waals surface area contributed by atoms with Crippen LogP contribution in [0.3, 0.4) is 0 Å². The molecule has 0 amide bonds. The molecule has 0 saturated carbocycles. The van der Waals surface area contributed by atoms with Crippen LogP contribution in [0.4, 0.5) is 0 Å². The molecular weight excluding hydrogens is 172 g/mol. The van der Waals surface area contributed by atoms with Gasteiger partial charge in [-0.2, -0.15) is 0 Å². The smallest absolute Gasteiger partial charge is 0.118 e. The zero-order chi connectivity index (χ0) is 11.4. The molecule has 0 unspecified atom stereocenters. The Labute approximate surface area is 89.2 Å². The highest BCUT2D eigenvalue weighted by atomic mass is 16.5. The fourth-order valence-corrected chi connectivity index (χ4v) is 0.906. The zero-order valence-electron chi connectivity index (χ0n) is 10.3. The van der Waals surface area contributed by atoms with E-state index in [1.807, 2.05) is 39.8 Å². The highest BCUT2D eigenvalue weighted by Gasteiger charge is 2.07. The molecule has 0 radical (unpaired) electrons. The van der Waals surface area contributed by atoms with E-state index in [0.717, 1.165) is 18.8 Å². The van der Waals surface area contributed by atoms with Gasteiger partial charge in [0.05, 0.1) is 6.61 Å². The minimum atomic E-state index is 0.836. The summed E-state index contributed by atoms with van der Waals surface area (Å²) in [6, 6.07) is 0. The van der Waals surface area contributed by atoms with Gasteiger partial charge in [-0.25, -0.2) is 0 Å². The Morgan fingerprint density at radius 1 is 1.21 bits per heavy atom. The predicted octanol–water partition coefficient (Wildman–Crippen LogP) is 4.48. The Kier molecular flexibility index (Phi) is 13.3. The first-order valence-corrected chi connectivity index (χ1v) is 5.46. The molecule has 1 heterocycles. The maximum atomic E-state index is 5.31. The molecule has 0 aromatic rings. The van der Waals surface area contributed by atoms with Crippen LogP contribution in [0.25, 0.3) is 0 Å². The minimum Gasteiger partial charge on any atom is -0.493 e. The predicted molar refractivity (Wildman–Crippen MR) is 65.3 cm³/mol. The molecule has 1 rings (SSSR count). The van der Waals surface area contributed by atoms with E-state index < -0.39 is 0 Å². The Bertz CT molecular complexity index is 187. The van der Waals surface area contributed by atoms with Gasteiger partial charge in [-0.1, -0.05) is 46.4 Å². The van der Waals surface area contributed by atoms with Crippen molar-refractivity contribution in [3.8, 4) is 0 Å². The van der Waals surface area contributed by atoms with Crippen LogP contribution in [0.5, 0.6) is 0 Å². The minimum absolute atomic E-state index is 0.836. The van der Waals surface area contributed by atoms with Crippen molar-refractivity contribution in [2.24, 2.45) is 0 Å². The lowest BCUT2D eigenvalue weighted by Crippen LogP contribution is -1.79. The van der Waals surface area contributed by atoms with Crippen molar-refractivity contribution >= 4 is 0 Å². The quantitative estimate of drug-likeness (QED) is 0.592.